The molecule has 2 rings (SSSR count). The van der Waals surface area contributed by atoms with Gasteiger partial charge in [-0.15, -0.1) is 0 Å². The summed E-state index contributed by atoms with van der Waals surface area (Å²) in [5.41, 5.74) is 7.59. The Kier molecular flexibility index (Phi) is 5.84. The molecule has 0 spiro atoms. The molecule has 112 valence electrons. The lowest BCUT2D eigenvalue weighted by Crippen LogP contribution is -2.47. The maximum Gasteiger partial charge on any atom is 0.119 e. The van der Waals surface area contributed by atoms with Gasteiger partial charge in [0.15, 0.2) is 0 Å². The Morgan fingerprint density at radius 2 is 2.20 bits per heavy atom. The second-order valence-electron chi connectivity index (χ2n) is 5.17. The van der Waals surface area contributed by atoms with Crippen LogP contribution in [0.4, 0.5) is 0 Å². The molecular weight excluding hydrogens is 320 g/mol. The van der Waals surface area contributed by atoms with Gasteiger partial charge in [-0.1, -0.05) is 15.9 Å². The fourth-order valence-corrected chi connectivity index (χ4v) is 3.34. The minimum absolute atomic E-state index is 0.143. The Balaban J connectivity index is 2.29. The van der Waals surface area contributed by atoms with Crippen LogP contribution in [0.15, 0.2) is 22.7 Å². The highest BCUT2D eigenvalue weighted by molar-refractivity contribution is 9.10. The van der Waals surface area contributed by atoms with Crippen LogP contribution in [0.5, 0.6) is 5.75 Å². The van der Waals surface area contributed by atoms with Crippen molar-refractivity contribution in [3.63, 3.8) is 0 Å². The number of halogens is 1. The first kappa shape index (κ1) is 15.8. The molecule has 4 nitrogen and oxygen atoms in total. The van der Waals surface area contributed by atoms with Crippen LogP contribution >= 0.6 is 15.9 Å². The SMILES string of the molecule is COCCN1CCCC(N)C1c1cc(OC)ccc1Br. The van der Waals surface area contributed by atoms with Crippen LogP contribution in [0.2, 0.25) is 0 Å². The highest BCUT2D eigenvalue weighted by atomic mass is 79.9. The predicted molar refractivity (Wildman–Crippen MR) is 84.1 cm³/mol. The Bertz CT molecular complexity index is 442. The van der Waals surface area contributed by atoms with Crippen molar-refractivity contribution >= 4 is 15.9 Å². The number of piperidine rings is 1. The zero-order valence-corrected chi connectivity index (χ0v) is 13.7. The van der Waals surface area contributed by atoms with Crippen molar-refractivity contribution in [3.05, 3.63) is 28.2 Å². The number of methoxy groups -OCH3 is 2. The monoisotopic (exact) mass is 342 g/mol. The van der Waals surface area contributed by atoms with E-state index in [1.165, 1.54) is 5.56 Å². The van der Waals surface area contributed by atoms with E-state index in [0.29, 0.717) is 0 Å². The van der Waals surface area contributed by atoms with E-state index >= 15 is 0 Å². The van der Waals surface area contributed by atoms with E-state index in [-0.39, 0.29) is 12.1 Å². The van der Waals surface area contributed by atoms with E-state index in [9.17, 15) is 0 Å². The molecule has 0 aliphatic carbocycles. The van der Waals surface area contributed by atoms with Gasteiger partial charge in [0.05, 0.1) is 19.8 Å². The van der Waals surface area contributed by atoms with E-state index in [4.69, 9.17) is 15.2 Å². The van der Waals surface area contributed by atoms with Crippen LogP contribution in [-0.2, 0) is 4.74 Å². The molecule has 0 radical (unpaired) electrons. The third kappa shape index (κ3) is 3.52. The maximum atomic E-state index is 6.39. The largest absolute Gasteiger partial charge is 0.497 e. The average molecular weight is 343 g/mol. The number of ether oxygens (including phenoxy) is 2. The highest BCUT2D eigenvalue weighted by Crippen LogP contribution is 2.36. The Morgan fingerprint density at radius 3 is 2.90 bits per heavy atom. The number of likely N-dealkylation sites (tertiary alicyclic amines) is 1. The molecule has 2 N–H and O–H groups in total. The summed E-state index contributed by atoms with van der Waals surface area (Å²) in [5, 5.41) is 0. The molecule has 20 heavy (non-hydrogen) atoms. The fraction of sp³-hybridized carbons (Fsp3) is 0.600. The van der Waals surface area contributed by atoms with Gasteiger partial charge in [-0.25, -0.2) is 0 Å². The van der Waals surface area contributed by atoms with Gasteiger partial charge in [0, 0.05) is 24.2 Å². The van der Waals surface area contributed by atoms with E-state index in [2.05, 4.69) is 26.9 Å². The summed E-state index contributed by atoms with van der Waals surface area (Å²) in [6.07, 6.45) is 2.20. The fourth-order valence-electron chi connectivity index (χ4n) is 2.86. The summed E-state index contributed by atoms with van der Waals surface area (Å²) in [7, 11) is 3.43. The number of hydrogen-bond acceptors (Lipinski definition) is 4. The molecule has 1 aromatic rings. The number of rotatable bonds is 5. The third-order valence-electron chi connectivity index (χ3n) is 3.89. The maximum absolute atomic E-state index is 6.39. The number of hydrogen-bond donors (Lipinski definition) is 1. The summed E-state index contributed by atoms with van der Waals surface area (Å²) in [6.45, 7) is 2.69. The topological polar surface area (TPSA) is 47.7 Å². The van der Waals surface area contributed by atoms with Gasteiger partial charge < -0.3 is 15.2 Å². The first-order valence-electron chi connectivity index (χ1n) is 6.99. The molecule has 1 aromatic carbocycles. The molecule has 5 heteroatoms. The molecule has 0 saturated carbocycles. The van der Waals surface area contributed by atoms with Crippen LogP contribution in [0, 0.1) is 0 Å². The standard InChI is InChI=1S/C15H23BrN2O2/c1-19-9-8-18-7-3-4-14(17)15(18)12-10-11(20-2)5-6-13(12)16/h5-6,10,14-15H,3-4,7-9,17H2,1-2H3. The second kappa shape index (κ2) is 7.41. The molecule has 1 aliphatic heterocycles. The van der Waals surface area contributed by atoms with Gasteiger partial charge in [0.1, 0.15) is 5.75 Å². The molecular formula is C15H23BrN2O2. The molecule has 1 heterocycles. The van der Waals surface area contributed by atoms with Crippen LogP contribution in [-0.4, -0.2) is 44.9 Å². The van der Waals surface area contributed by atoms with Crippen molar-refractivity contribution in [2.45, 2.75) is 24.9 Å². The molecule has 2 atom stereocenters. The predicted octanol–water partition coefficient (Wildman–Crippen LogP) is 2.57. The molecule has 1 aliphatic rings. The van der Waals surface area contributed by atoms with Crippen LogP contribution in [0.1, 0.15) is 24.4 Å². The summed E-state index contributed by atoms with van der Waals surface area (Å²) in [5.74, 6) is 0.868. The van der Waals surface area contributed by atoms with E-state index in [0.717, 1.165) is 42.8 Å². The van der Waals surface area contributed by atoms with E-state index < -0.39 is 0 Å². The van der Waals surface area contributed by atoms with Crippen molar-refractivity contribution in [1.82, 2.24) is 4.90 Å². The Hall–Kier alpha value is -0.620. The van der Waals surface area contributed by atoms with Gasteiger partial charge in [-0.2, -0.15) is 0 Å². The van der Waals surface area contributed by atoms with Gasteiger partial charge in [-0.3, -0.25) is 4.90 Å². The lowest BCUT2D eigenvalue weighted by molar-refractivity contribution is 0.0844. The lowest BCUT2D eigenvalue weighted by atomic mass is 9.91. The quantitative estimate of drug-likeness (QED) is 0.893. The Labute approximate surface area is 129 Å². The molecule has 0 bridgehead atoms. The van der Waals surface area contributed by atoms with Crippen LogP contribution in [0.3, 0.4) is 0 Å². The van der Waals surface area contributed by atoms with Crippen LogP contribution in [0.25, 0.3) is 0 Å². The zero-order chi connectivity index (χ0) is 14.5. The third-order valence-corrected chi connectivity index (χ3v) is 4.61. The van der Waals surface area contributed by atoms with Crippen molar-refractivity contribution in [2.75, 3.05) is 33.9 Å². The number of benzene rings is 1. The first-order chi connectivity index (χ1) is 9.67. The van der Waals surface area contributed by atoms with E-state index in [1.54, 1.807) is 14.2 Å². The second-order valence-corrected chi connectivity index (χ2v) is 6.02. The molecule has 1 saturated heterocycles. The summed E-state index contributed by atoms with van der Waals surface area (Å²) in [4.78, 5) is 2.41. The molecule has 1 fully saturated rings. The summed E-state index contributed by atoms with van der Waals surface area (Å²) < 4.78 is 11.7. The summed E-state index contributed by atoms with van der Waals surface area (Å²) in [6, 6.07) is 6.43. The van der Waals surface area contributed by atoms with Gasteiger partial charge in [0.25, 0.3) is 0 Å². The molecule has 2 unspecified atom stereocenters. The zero-order valence-electron chi connectivity index (χ0n) is 12.1. The van der Waals surface area contributed by atoms with Crippen molar-refractivity contribution < 1.29 is 9.47 Å². The van der Waals surface area contributed by atoms with Gasteiger partial charge in [-0.05, 0) is 43.1 Å². The Morgan fingerprint density at radius 1 is 1.40 bits per heavy atom. The van der Waals surface area contributed by atoms with Gasteiger partial charge in [0.2, 0.25) is 0 Å². The van der Waals surface area contributed by atoms with Crippen LogP contribution < -0.4 is 10.5 Å². The summed E-state index contributed by atoms with van der Waals surface area (Å²) >= 11 is 3.65. The van der Waals surface area contributed by atoms with E-state index in [1.807, 2.05) is 12.1 Å². The minimum Gasteiger partial charge on any atom is -0.497 e. The smallest absolute Gasteiger partial charge is 0.119 e. The van der Waals surface area contributed by atoms with Crippen molar-refractivity contribution in [1.29, 1.82) is 0 Å². The number of nitrogens with zero attached hydrogens (tertiary/aromatic N) is 1. The highest BCUT2D eigenvalue weighted by Gasteiger charge is 2.31. The normalized spacial score (nSPS) is 23.8. The van der Waals surface area contributed by atoms with Crippen molar-refractivity contribution in [2.24, 2.45) is 5.73 Å². The molecule has 0 aromatic heterocycles. The molecule has 0 amide bonds. The lowest BCUT2D eigenvalue weighted by Gasteiger charge is -2.40. The number of nitrogens with two attached hydrogens (primary N) is 1. The van der Waals surface area contributed by atoms with Gasteiger partial charge >= 0.3 is 0 Å². The van der Waals surface area contributed by atoms with Crippen molar-refractivity contribution in [3.8, 4) is 5.75 Å². The minimum atomic E-state index is 0.143. The average Bonchev–Trinajstić information content (AvgIpc) is 2.46. The first-order valence-corrected chi connectivity index (χ1v) is 7.78.